The van der Waals surface area contributed by atoms with E-state index in [0.717, 1.165) is 5.56 Å². The van der Waals surface area contributed by atoms with Gasteiger partial charge in [-0.25, -0.2) is 0 Å². The van der Waals surface area contributed by atoms with Crippen molar-refractivity contribution in [1.29, 1.82) is 0 Å². The van der Waals surface area contributed by atoms with Gasteiger partial charge in [0.05, 0.1) is 24.8 Å². The van der Waals surface area contributed by atoms with Gasteiger partial charge in [0.1, 0.15) is 0 Å². The number of carbonyl (C=O) groups excluding carboxylic acids is 2. The molecule has 8 nitrogen and oxygen atoms in total. The number of hydrogen-bond donors (Lipinski definition) is 3. The van der Waals surface area contributed by atoms with Crippen LogP contribution in [0.25, 0.3) is 0 Å². The molecular weight excluding hydrogens is 352 g/mol. The van der Waals surface area contributed by atoms with Crippen LogP contribution in [0, 0.1) is 6.92 Å². The van der Waals surface area contributed by atoms with Gasteiger partial charge in [0, 0.05) is 17.9 Å². The van der Waals surface area contributed by atoms with E-state index in [1.807, 2.05) is 0 Å². The van der Waals surface area contributed by atoms with Crippen LogP contribution in [0.4, 0.5) is 5.69 Å². The Bertz CT molecular complexity index is 853. The van der Waals surface area contributed by atoms with Crippen molar-refractivity contribution in [1.82, 2.24) is 5.32 Å². The fourth-order valence-corrected chi connectivity index (χ4v) is 2.98. The summed E-state index contributed by atoms with van der Waals surface area (Å²) >= 11 is 0. The second-order valence-electron chi connectivity index (χ2n) is 6.57. The molecule has 1 aromatic heterocycles. The standard InChI is InChI=1S/C19H20N2O6/c1-12-4-5-13(9-14(12)20-18(25)15-3-2-7-27-15)17(24)21-19(10-16(22)23)6-8-26-11-19/h2-5,7,9H,6,8,10-11H2,1H3,(H,20,25)(H,21,24)(H,22,23). The van der Waals surface area contributed by atoms with E-state index in [4.69, 9.17) is 14.3 Å². The second kappa shape index (κ2) is 7.63. The summed E-state index contributed by atoms with van der Waals surface area (Å²) in [4.78, 5) is 36.0. The predicted octanol–water partition coefficient (Wildman–Crippen LogP) is 2.20. The first-order valence-electron chi connectivity index (χ1n) is 8.46. The number of rotatable bonds is 6. The highest BCUT2D eigenvalue weighted by Crippen LogP contribution is 2.24. The van der Waals surface area contributed by atoms with Gasteiger partial charge in [0.25, 0.3) is 11.8 Å². The summed E-state index contributed by atoms with van der Waals surface area (Å²) in [5.74, 6) is -1.69. The summed E-state index contributed by atoms with van der Waals surface area (Å²) in [5, 5.41) is 14.6. The zero-order chi connectivity index (χ0) is 19.4. The second-order valence-corrected chi connectivity index (χ2v) is 6.57. The molecule has 0 bridgehead atoms. The van der Waals surface area contributed by atoms with Crippen molar-refractivity contribution in [3.63, 3.8) is 0 Å². The molecular formula is C19H20N2O6. The first-order chi connectivity index (χ1) is 12.9. The average molecular weight is 372 g/mol. The molecule has 3 rings (SSSR count). The van der Waals surface area contributed by atoms with Gasteiger partial charge >= 0.3 is 5.97 Å². The molecule has 1 unspecified atom stereocenters. The van der Waals surface area contributed by atoms with Gasteiger partial charge in [-0.15, -0.1) is 0 Å². The Morgan fingerprint density at radius 2 is 2.04 bits per heavy atom. The molecule has 0 saturated carbocycles. The normalized spacial score (nSPS) is 18.9. The Hall–Kier alpha value is -3.13. The Kier molecular flexibility index (Phi) is 5.27. The van der Waals surface area contributed by atoms with Gasteiger partial charge in [-0.3, -0.25) is 14.4 Å². The number of aryl methyl sites for hydroxylation is 1. The van der Waals surface area contributed by atoms with Gasteiger partial charge < -0.3 is 24.9 Å². The molecule has 1 saturated heterocycles. The SMILES string of the molecule is Cc1ccc(C(=O)NC2(CC(=O)O)CCOC2)cc1NC(=O)c1ccco1. The van der Waals surface area contributed by atoms with Crippen LogP contribution in [0.15, 0.2) is 41.0 Å². The molecule has 0 aliphatic carbocycles. The maximum atomic E-state index is 12.7. The van der Waals surface area contributed by atoms with Crippen molar-refractivity contribution in [2.75, 3.05) is 18.5 Å². The van der Waals surface area contributed by atoms with Gasteiger partial charge in [-0.05, 0) is 43.2 Å². The zero-order valence-electron chi connectivity index (χ0n) is 14.8. The van der Waals surface area contributed by atoms with Crippen LogP contribution >= 0.6 is 0 Å². The van der Waals surface area contributed by atoms with Gasteiger partial charge in [-0.2, -0.15) is 0 Å². The lowest BCUT2D eigenvalue weighted by Gasteiger charge is -2.27. The largest absolute Gasteiger partial charge is 0.481 e. The molecule has 8 heteroatoms. The lowest BCUT2D eigenvalue weighted by molar-refractivity contribution is -0.138. The number of amides is 2. The van der Waals surface area contributed by atoms with Gasteiger partial charge in [0.2, 0.25) is 0 Å². The number of benzene rings is 1. The molecule has 1 atom stereocenters. The summed E-state index contributed by atoms with van der Waals surface area (Å²) in [6.07, 6.45) is 1.61. The van der Waals surface area contributed by atoms with E-state index in [9.17, 15) is 14.4 Å². The van der Waals surface area contributed by atoms with Crippen molar-refractivity contribution < 1.29 is 28.6 Å². The summed E-state index contributed by atoms with van der Waals surface area (Å²) in [6, 6.07) is 8.03. The van der Waals surface area contributed by atoms with E-state index < -0.39 is 23.3 Å². The monoisotopic (exact) mass is 372 g/mol. The molecule has 2 aromatic rings. The highest BCUT2D eigenvalue weighted by molar-refractivity contribution is 6.04. The van der Waals surface area contributed by atoms with Crippen LogP contribution in [0.2, 0.25) is 0 Å². The summed E-state index contributed by atoms with van der Waals surface area (Å²) in [7, 11) is 0. The lowest BCUT2D eigenvalue weighted by Crippen LogP contribution is -2.50. The summed E-state index contributed by atoms with van der Waals surface area (Å²) in [5.41, 5.74) is 0.632. The van der Waals surface area contributed by atoms with Crippen molar-refractivity contribution in [3.05, 3.63) is 53.5 Å². The summed E-state index contributed by atoms with van der Waals surface area (Å²) < 4.78 is 10.4. The van der Waals surface area contributed by atoms with Crippen LogP contribution in [0.5, 0.6) is 0 Å². The fraction of sp³-hybridized carbons (Fsp3) is 0.316. The Balaban J connectivity index is 1.77. The molecule has 1 fully saturated rings. The third-order valence-electron chi connectivity index (χ3n) is 4.46. The molecule has 27 heavy (non-hydrogen) atoms. The third kappa shape index (κ3) is 4.35. The number of aliphatic carboxylic acids is 1. The highest BCUT2D eigenvalue weighted by Gasteiger charge is 2.38. The number of carboxylic acids is 1. The van der Waals surface area contributed by atoms with Crippen LogP contribution in [0.1, 0.15) is 39.3 Å². The number of carboxylic acid groups (broad SMARTS) is 1. The fourth-order valence-electron chi connectivity index (χ4n) is 2.98. The number of furan rings is 1. The van der Waals surface area contributed by atoms with E-state index in [1.54, 1.807) is 31.2 Å². The molecule has 2 amide bonds. The number of hydrogen-bond acceptors (Lipinski definition) is 5. The highest BCUT2D eigenvalue weighted by atomic mass is 16.5. The quantitative estimate of drug-likeness (QED) is 0.715. The lowest BCUT2D eigenvalue weighted by atomic mass is 9.93. The third-order valence-corrected chi connectivity index (χ3v) is 4.46. The van der Waals surface area contributed by atoms with Crippen molar-refractivity contribution in [2.24, 2.45) is 0 Å². The van der Waals surface area contributed by atoms with Crippen molar-refractivity contribution >= 4 is 23.5 Å². The molecule has 1 aromatic carbocycles. The maximum Gasteiger partial charge on any atom is 0.305 e. The first kappa shape index (κ1) is 18.7. The van der Waals surface area contributed by atoms with E-state index in [0.29, 0.717) is 24.3 Å². The van der Waals surface area contributed by atoms with Crippen LogP contribution in [-0.4, -0.2) is 41.6 Å². The minimum atomic E-state index is -1.00. The average Bonchev–Trinajstić information content (AvgIpc) is 3.28. The van der Waals surface area contributed by atoms with Gasteiger partial charge in [-0.1, -0.05) is 6.07 Å². The van der Waals surface area contributed by atoms with Crippen LogP contribution in [-0.2, 0) is 9.53 Å². The minimum absolute atomic E-state index is 0.152. The number of nitrogens with one attached hydrogen (secondary N) is 2. The molecule has 0 spiro atoms. The van der Waals surface area contributed by atoms with Gasteiger partial charge in [0.15, 0.2) is 5.76 Å². The van der Waals surface area contributed by atoms with E-state index in [-0.39, 0.29) is 18.8 Å². The first-order valence-corrected chi connectivity index (χ1v) is 8.46. The van der Waals surface area contributed by atoms with E-state index in [2.05, 4.69) is 10.6 Å². The molecule has 0 radical (unpaired) electrons. The Morgan fingerprint density at radius 3 is 2.67 bits per heavy atom. The van der Waals surface area contributed by atoms with Crippen molar-refractivity contribution in [3.8, 4) is 0 Å². The maximum absolute atomic E-state index is 12.7. The number of anilines is 1. The molecule has 1 aliphatic heterocycles. The topological polar surface area (TPSA) is 118 Å². The smallest absolute Gasteiger partial charge is 0.305 e. The molecule has 1 aliphatic rings. The molecule has 2 heterocycles. The Labute approximate surface area is 155 Å². The predicted molar refractivity (Wildman–Crippen MR) is 95.7 cm³/mol. The molecule has 3 N–H and O–H groups in total. The van der Waals surface area contributed by atoms with Crippen LogP contribution < -0.4 is 10.6 Å². The minimum Gasteiger partial charge on any atom is -0.481 e. The molecule has 142 valence electrons. The van der Waals surface area contributed by atoms with Crippen molar-refractivity contribution in [2.45, 2.75) is 25.3 Å². The Morgan fingerprint density at radius 1 is 1.22 bits per heavy atom. The number of ether oxygens (including phenoxy) is 1. The van der Waals surface area contributed by atoms with E-state index in [1.165, 1.54) is 12.3 Å². The van der Waals surface area contributed by atoms with E-state index >= 15 is 0 Å². The van der Waals surface area contributed by atoms with Crippen LogP contribution in [0.3, 0.4) is 0 Å². The zero-order valence-corrected chi connectivity index (χ0v) is 14.8. The summed E-state index contributed by atoms with van der Waals surface area (Å²) in [6.45, 7) is 2.35. The number of carbonyl (C=O) groups is 3.